The van der Waals surface area contributed by atoms with Gasteiger partial charge in [0.15, 0.2) is 5.96 Å². The lowest BCUT2D eigenvalue weighted by molar-refractivity contribution is 0.0999. The van der Waals surface area contributed by atoms with Crippen molar-refractivity contribution >= 4 is 11.9 Å². The van der Waals surface area contributed by atoms with Gasteiger partial charge in [-0.15, -0.1) is 0 Å². The molecule has 0 bridgehead atoms. The minimum atomic E-state index is -0.506. The summed E-state index contributed by atoms with van der Waals surface area (Å²) < 4.78 is 5.20. The standard InChI is InChI=1S/C14H22N4O2/c15-13(19)10-7-12(20-9-10)8-17-14(16)18-11-5-3-1-2-4-6-11/h7,9,11H,1-6,8H2,(H2,15,19)(H3,16,17,18). The van der Waals surface area contributed by atoms with Gasteiger partial charge in [-0.25, -0.2) is 4.99 Å². The molecule has 110 valence electrons. The van der Waals surface area contributed by atoms with Gasteiger partial charge in [0.2, 0.25) is 0 Å². The molecular formula is C14H22N4O2. The van der Waals surface area contributed by atoms with Crippen LogP contribution in [0.25, 0.3) is 0 Å². The number of rotatable bonds is 4. The molecular weight excluding hydrogens is 256 g/mol. The third-order valence-corrected chi connectivity index (χ3v) is 3.55. The molecule has 5 N–H and O–H groups in total. The first-order valence-electron chi connectivity index (χ1n) is 7.09. The fourth-order valence-electron chi connectivity index (χ4n) is 2.43. The maximum atomic E-state index is 10.9. The zero-order valence-corrected chi connectivity index (χ0v) is 11.6. The lowest BCUT2D eigenvalue weighted by Crippen LogP contribution is -2.39. The third kappa shape index (κ3) is 4.29. The van der Waals surface area contributed by atoms with E-state index in [1.54, 1.807) is 6.07 Å². The molecule has 1 amide bonds. The van der Waals surface area contributed by atoms with Crippen molar-refractivity contribution in [2.45, 2.75) is 51.1 Å². The van der Waals surface area contributed by atoms with Gasteiger partial charge in [-0.1, -0.05) is 25.7 Å². The second-order valence-corrected chi connectivity index (χ2v) is 5.20. The van der Waals surface area contributed by atoms with Crippen molar-refractivity contribution in [2.24, 2.45) is 16.5 Å². The van der Waals surface area contributed by atoms with Gasteiger partial charge in [0.25, 0.3) is 5.91 Å². The van der Waals surface area contributed by atoms with Crippen LogP contribution in [0.5, 0.6) is 0 Å². The second-order valence-electron chi connectivity index (χ2n) is 5.20. The molecule has 1 saturated carbocycles. The van der Waals surface area contributed by atoms with Gasteiger partial charge in [0.1, 0.15) is 18.6 Å². The molecule has 0 aliphatic heterocycles. The summed E-state index contributed by atoms with van der Waals surface area (Å²) in [7, 11) is 0. The van der Waals surface area contributed by atoms with Crippen LogP contribution in [0, 0.1) is 0 Å². The van der Waals surface area contributed by atoms with E-state index in [2.05, 4.69) is 10.3 Å². The van der Waals surface area contributed by atoms with Gasteiger partial charge >= 0.3 is 0 Å². The van der Waals surface area contributed by atoms with Crippen molar-refractivity contribution in [1.82, 2.24) is 5.32 Å². The zero-order valence-electron chi connectivity index (χ0n) is 11.6. The van der Waals surface area contributed by atoms with E-state index in [1.807, 2.05) is 0 Å². The maximum Gasteiger partial charge on any atom is 0.251 e. The van der Waals surface area contributed by atoms with Gasteiger partial charge in [0.05, 0.1) is 5.56 Å². The van der Waals surface area contributed by atoms with E-state index >= 15 is 0 Å². The number of primary amides is 1. The summed E-state index contributed by atoms with van der Waals surface area (Å²) in [6.45, 7) is 0.304. The largest absolute Gasteiger partial charge is 0.467 e. The van der Waals surface area contributed by atoms with Crippen LogP contribution in [0.3, 0.4) is 0 Å². The summed E-state index contributed by atoms with van der Waals surface area (Å²) in [5, 5.41) is 3.25. The van der Waals surface area contributed by atoms with E-state index in [4.69, 9.17) is 15.9 Å². The molecule has 1 aliphatic rings. The van der Waals surface area contributed by atoms with Crippen LogP contribution in [0.1, 0.15) is 54.6 Å². The van der Waals surface area contributed by atoms with Crippen molar-refractivity contribution in [3.05, 3.63) is 23.7 Å². The summed E-state index contributed by atoms with van der Waals surface area (Å²) in [5.74, 6) is 0.492. The molecule has 0 radical (unpaired) electrons. The average molecular weight is 278 g/mol. The molecule has 2 rings (SSSR count). The van der Waals surface area contributed by atoms with E-state index < -0.39 is 5.91 Å². The molecule has 0 spiro atoms. The zero-order chi connectivity index (χ0) is 14.4. The number of nitrogens with two attached hydrogens (primary N) is 2. The minimum Gasteiger partial charge on any atom is -0.467 e. The Morgan fingerprint density at radius 3 is 2.60 bits per heavy atom. The van der Waals surface area contributed by atoms with Crippen LogP contribution in [0.15, 0.2) is 21.7 Å². The Hall–Kier alpha value is -1.98. The van der Waals surface area contributed by atoms with Crippen molar-refractivity contribution in [2.75, 3.05) is 0 Å². The topological polar surface area (TPSA) is 107 Å². The summed E-state index contributed by atoms with van der Waals surface area (Å²) in [4.78, 5) is 15.2. The van der Waals surface area contributed by atoms with E-state index in [0.717, 1.165) is 12.8 Å². The molecule has 1 aromatic heterocycles. The van der Waals surface area contributed by atoms with Gasteiger partial charge in [-0.2, -0.15) is 0 Å². The number of hydrogen-bond acceptors (Lipinski definition) is 3. The van der Waals surface area contributed by atoms with Crippen LogP contribution in [-0.2, 0) is 6.54 Å². The van der Waals surface area contributed by atoms with Crippen LogP contribution in [-0.4, -0.2) is 17.9 Å². The molecule has 1 heterocycles. The highest BCUT2D eigenvalue weighted by Crippen LogP contribution is 2.17. The molecule has 1 fully saturated rings. The van der Waals surface area contributed by atoms with E-state index in [9.17, 15) is 4.79 Å². The summed E-state index contributed by atoms with van der Waals surface area (Å²) >= 11 is 0. The van der Waals surface area contributed by atoms with Crippen molar-refractivity contribution in [3.63, 3.8) is 0 Å². The maximum absolute atomic E-state index is 10.9. The number of furan rings is 1. The molecule has 0 saturated heterocycles. The smallest absolute Gasteiger partial charge is 0.251 e. The first-order chi connectivity index (χ1) is 9.65. The molecule has 0 atom stereocenters. The van der Waals surface area contributed by atoms with Crippen LogP contribution >= 0.6 is 0 Å². The molecule has 1 aromatic rings. The quantitative estimate of drug-likeness (QED) is 0.441. The Labute approximate surface area is 118 Å². The highest BCUT2D eigenvalue weighted by atomic mass is 16.3. The Bertz CT molecular complexity index is 473. The highest BCUT2D eigenvalue weighted by molar-refractivity contribution is 5.92. The van der Waals surface area contributed by atoms with Gasteiger partial charge in [-0.3, -0.25) is 4.79 Å². The van der Waals surface area contributed by atoms with Crippen molar-refractivity contribution < 1.29 is 9.21 Å². The monoisotopic (exact) mass is 278 g/mol. The predicted molar refractivity (Wildman–Crippen MR) is 77.2 cm³/mol. The summed E-state index contributed by atoms with van der Waals surface area (Å²) in [6.07, 6.45) is 8.71. The minimum absolute atomic E-state index is 0.304. The van der Waals surface area contributed by atoms with E-state index in [0.29, 0.717) is 29.9 Å². The molecule has 0 unspecified atom stereocenters. The third-order valence-electron chi connectivity index (χ3n) is 3.55. The summed E-state index contributed by atoms with van der Waals surface area (Å²) in [6, 6.07) is 2.00. The number of amides is 1. The molecule has 6 heteroatoms. The lowest BCUT2D eigenvalue weighted by atomic mass is 10.1. The number of nitrogens with one attached hydrogen (secondary N) is 1. The van der Waals surface area contributed by atoms with Gasteiger partial charge in [0, 0.05) is 6.04 Å². The number of nitrogens with zero attached hydrogens (tertiary/aromatic N) is 1. The number of hydrogen-bond donors (Lipinski definition) is 3. The van der Waals surface area contributed by atoms with Gasteiger partial charge in [-0.05, 0) is 18.9 Å². The second kappa shape index (κ2) is 6.98. The Balaban J connectivity index is 1.84. The molecule has 20 heavy (non-hydrogen) atoms. The number of carbonyl (C=O) groups excluding carboxylic acids is 1. The van der Waals surface area contributed by atoms with Crippen LogP contribution in [0.4, 0.5) is 0 Å². The number of carbonyl (C=O) groups is 1. The fourth-order valence-corrected chi connectivity index (χ4v) is 2.43. The lowest BCUT2D eigenvalue weighted by Gasteiger charge is -2.16. The molecule has 6 nitrogen and oxygen atoms in total. The van der Waals surface area contributed by atoms with E-state index in [1.165, 1.54) is 31.9 Å². The van der Waals surface area contributed by atoms with E-state index in [-0.39, 0.29) is 0 Å². The molecule has 0 aromatic carbocycles. The highest BCUT2D eigenvalue weighted by Gasteiger charge is 2.12. The number of guanidine groups is 1. The number of aliphatic imine (C=N–C) groups is 1. The Morgan fingerprint density at radius 1 is 1.30 bits per heavy atom. The molecule has 1 aliphatic carbocycles. The summed E-state index contributed by atoms with van der Waals surface area (Å²) in [5.41, 5.74) is 11.4. The van der Waals surface area contributed by atoms with Crippen molar-refractivity contribution in [1.29, 1.82) is 0 Å². The van der Waals surface area contributed by atoms with Crippen LogP contribution < -0.4 is 16.8 Å². The first kappa shape index (κ1) is 14.4. The predicted octanol–water partition coefficient (Wildman–Crippen LogP) is 1.51. The fraction of sp³-hybridized carbons (Fsp3) is 0.571. The average Bonchev–Trinajstić information content (AvgIpc) is 2.75. The normalized spacial score (nSPS) is 17.7. The Kier molecular flexibility index (Phi) is 5.03. The van der Waals surface area contributed by atoms with Crippen molar-refractivity contribution in [3.8, 4) is 0 Å². The SMILES string of the molecule is NC(=O)c1coc(CN=C(N)NC2CCCCCC2)c1. The van der Waals surface area contributed by atoms with Crippen LogP contribution in [0.2, 0.25) is 0 Å². The van der Waals surface area contributed by atoms with Gasteiger partial charge < -0.3 is 21.2 Å². The first-order valence-corrected chi connectivity index (χ1v) is 7.09. The Morgan fingerprint density at radius 2 is 2.00 bits per heavy atom.